The van der Waals surface area contributed by atoms with E-state index in [1.54, 1.807) is 0 Å². The minimum atomic E-state index is -6.04. The molecule has 23 nitrogen and oxygen atoms in total. The number of nitro benzene ring substituents is 1. The van der Waals surface area contributed by atoms with Crippen LogP contribution in [0, 0.1) is 10.1 Å². The number of aromatic carboxylic acids is 1. The number of nitrogens with zero attached hydrogens (tertiary/aromatic N) is 2. The summed E-state index contributed by atoms with van der Waals surface area (Å²) in [5.74, 6) is -1.87. The molecule has 2 aliphatic heterocycles. The Morgan fingerprint density at radius 2 is 1.65 bits per heavy atom. The number of benzene rings is 1. The fourth-order valence-electron chi connectivity index (χ4n) is 4.39. The molecule has 1 aromatic carbocycles. The van der Waals surface area contributed by atoms with E-state index in [1.807, 2.05) is 4.98 Å². The minimum Gasteiger partial charge on any atom is -0.756 e. The molecule has 2 saturated heterocycles. The molecule has 7 N–H and O–H groups in total. The largest absolute Gasteiger partial charge is 0.756 e. The van der Waals surface area contributed by atoms with E-state index in [0.717, 1.165) is 46.0 Å². The van der Waals surface area contributed by atoms with E-state index in [-0.39, 0.29) is 10.6 Å². The Balaban J connectivity index is 1.34. The summed E-state index contributed by atoms with van der Waals surface area (Å²) in [5, 5.41) is 71.5. The van der Waals surface area contributed by atoms with Crippen LogP contribution in [0.1, 0.15) is 16.6 Å². The van der Waals surface area contributed by atoms with Crippen LogP contribution >= 0.6 is 37.2 Å². The van der Waals surface area contributed by atoms with Crippen molar-refractivity contribution in [3.05, 3.63) is 67.0 Å². The SMILES string of the molecule is O=C(O)c1cc(SSC[C@H]2OC(OP(=O)([O-])OP(=O)([O-])OC[C@H]3O[C@@H](n4ccc(=O)[nH]c4=O)C(O)[C@H]3O)[C@H](O)[C@@H](O)[C@H]2O)ccc1[N+](=O)[O-]. The highest BCUT2D eigenvalue weighted by atomic mass is 33.1. The van der Waals surface area contributed by atoms with Gasteiger partial charge in [0.15, 0.2) is 12.5 Å². The number of phosphoric ester groups is 2. The highest BCUT2D eigenvalue weighted by Crippen LogP contribution is 2.57. The lowest BCUT2D eigenvalue weighted by molar-refractivity contribution is -0.385. The van der Waals surface area contributed by atoms with E-state index in [4.69, 9.17) is 9.47 Å². The number of phosphoric acid groups is 2. The lowest BCUT2D eigenvalue weighted by Crippen LogP contribution is -2.58. The number of aromatic nitrogens is 2. The highest BCUT2D eigenvalue weighted by molar-refractivity contribution is 8.76. The van der Waals surface area contributed by atoms with Crippen molar-refractivity contribution in [3.63, 3.8) is 0 Å². The first-order chi connectivity index (χ1) is 22.8. The monoisotopic (exact) mass is 777 g/mol. The molecule has 0 bridgehead atoms. The predicted molar refractivity (Wildman–Crippen MR) is 156 cm³/mol. The third-order valence-electron chi connectivity index (χ3n) is 6.74. The molecule has 2 fully saturated rings. The maximum absolute atomic E-state index is 12.4. The molecule has 3 heterocycles. The lowest BCUT2D eigenvalue weighted by Gasteiger charge is -2.42. The number of nitrogens with one attached hydrogen (secondary N) is 1. The molecule has 49 heavy (non-hydrogen) atoms. The average molecular weight is 778 g/mol. The molecule has 2 aromatic rings. The summed E-state index contributed by atoms with van der Waals surface area (Å²) in [7, 11) is -10.2. The zero-order valence-electron chi connectivity index (χ0n) is 24.0. The van der Waals surface area contributed by atoms with Gasteiger partial charge in [0.2, 0.25) is 0 Å². The van der Waals surface area contributed by atoms with Gasteiger partial charge in [0.1, 0.15) is 42.2 Å². The van der Waals surface area contributed by atoms with Gasteiger partial charge in [0.05, 0.1) is 17.6 Å². The fourth-order valence-corrected chi connectivity index (χ4v) is 8.70. The van der Waals surface area contributed by atoms with Gasteiger partial charge in [-0.3, -0.25) is 38.1 Å². The number of ether oxygens (including phenoxy) is 2. The van der Waals surface area contributed by atoms with Crippen molar-refractivity contribution in [3.8, 4) is 0 Å². The molecular formula is C22H25N3O20P2S2-2. The van der Waals surface area contributed by atoms with Crippen LogP contribution in [0.5, 0.6) is 0 Å². The van der Waals surface area contributed by atoms with E-state index < -0.39 is 111 Å². The smallest absolute Gasteiger partial charge is 0.342 e. The van der Waals surface area contributed by atoms with Crippen molar-refractivity contribution in [2.75, 3.05) is 12.4 Å². The van der Waals surface area contributed by atoms with Crippen LogP contribution in [0.15, 0.2) is 44.9 Å². The quantitative estimate of drug-likeness (QED) is 0.0435. The third-order valence-corrected chi connectivity index (χ3v) is 11.6. The highest BCUT2D eigenvalue weighted by Gasteiger charge is 2.47. The number of hydrogen-bond acceptors (Lipinski definition) is 21. The first-order valence-electron chi connectivity index (χ1n) is 13.3. The zero-order chi connectivity index (χ0) is 36.4. The first kappa shape index (κ1) is 39.2. The molecule has 0 aliphatic carbocycles. The number of aliphatic hydroxyl groups excluding tert-OH is 5. The van der Waals surface area contributed by atoms with Crippen molar-refractivity contribution >= 4 is 48.9 Å². The van der Waals surface area contributed by atoms with Crippen LogP contribution in [0.3, 0.4) is 0 Å². The standard InChI is InChI=1S/C22H27N3O20P2S2/c26-13-3-4-24(22(34)23-13)19-17(30)14(27)11(42-19)6-41-46(37,38)45-47(39,40)44-21-18(31)16(29)15(28)12(43-21)7-48-49-8-1-2-10(25(35)36)9(5-8)20(32)33/h1-5,11-12,14-19,21,27-31H,6-7H2,(H,32,33)(H,37,38)(H,39,40)(H,23,26,34)/p-2/t11-,12-,14+,15+,16+,17?,18-,19-,21?/m1/s1. The van der Waals surface area contributed by atoms with Gasteiger partial charge in [-0.1, -0.05) is 21.6 Å². The molecule has 1 aromatic heterocycles. The van der Waals surface area contributed by atoms with Crippen molar-refractivity contribution in [2.24, 2.45) is 0 Å². The first-order valence-corrected chi connectivity index (χ1v) is 18.5. The fraction of sp³-hybridized carbons (Fsp3) is 0.500. The van der Waals surface area contributed by atoms with Gasteiger partial charge in [0, 0.05) is 29.0 Å². The van der Waals surface area contributed by atoms with E-state index in [1.165, 1.54) is 6.07 Å². The molecule has 0 saturated carbocycles. The molecular weight excluding hydrogens is 752 g/mol. The van der Waals surface area contributed by atoms with E-state index in [0.29, 0.717) is 4.57 Å². The Morgan fingerprint density at radius 3 is 2.29 bits per heavy atom. The Hall–Kier alpha value is -2.55. The molecule has 0 spiro atoms. The third kappa shape index (κ3) is 9.62. The lowest BCUT2D eigenvalue weighted by atomic mass is 10.0. The number of carboxylic acids is 1. The van der Waals surface area contributed by atoms with Crippen LogP contribution in [0.4, 0.5) is 5.69 Å². The van der Waals surface area contributed by atoms with Crippen LogP contribution in [0.25, 0.3) is 0 Å². The van der Waals surface area contributed by atoms with Gasteiger partial charge in [-0.25, -0.2) is 13.9 Å². The number of aliphatic hydroxyl groups is 5. The normalized spacial score (nSPS) is 31.1. The molecule has 11 atom stereocenters. The minimum absolute atomic E-state index is 0.209. The Kier molecular flexibility index (Phi) is 12.6. The predicted octanol–water partition coefficient (Wildman–Crippen LogP) is -3.00. The zero-order valence-corrected chi connectivity index (χ0v) is 27.4. The summed E-state index contributed by atoms with van der Waals surface area (Å²) in [6.07, 6.45) is -16.2. The van der Waals surface area contributed by atoms with E-state index >= 15 is 0 Å². The summed E-state index contributed by atoms with van der Waals surface area (Å²) in [4.78, 5) is 71.6. The van der Waals surface area contributed by atoms with Gasteiger partial charge in [-0.05, 0) is 12.1 Å². The number of hydrogen-bond donors (Lipinski definition) is 7. The van der Waals surface area contributed by atoms with Crippen LogP contribution in [-0.2, 0) is 32.0 Å². The van der Waals surface area contributed by atoms with Crippen LogP contribution < -0.4 is 21.0 Å². The molecule has 0 radical (unpaired) electrons. The molecule has 272 valence electrons. The van der Waals surface area contributed by atoms with Crippen LogP contribution in [-0.4, -0.2) is 112 Å². The number of H-pyrrole nitrogens is 1. The van der Waals surface area contributed by atoms with E-state index in [9.17, 15) is 74.1 Å². The van der Waals surface area contributed by atoms with Gasteiger partial charge in [0.25, 0.3) is 26.9 Å². The Labute approximate surface area is 279 Å². The molecule has 2 aliphatic rings. The summed E-state index contributed by atoms with van der Waals surface area (Å²) in [6.45, 7) is -1.17. The van der Waals surface area contributed by atoms with Crippen LogP contribution in [0.2, 0.25) is 0 Å². The van der Waals surface area contributed by atoms with Gasteiger partial charge in [-0.15, -0.1) is 0 Å². The summed E-state index contributed by atoms with van der Waals surface area (Å²) in [6, 6.07) is 4.08. The molecule has 0 amide bonds. The number of carbonyl (C=O) groups is 1. The number of nitro groups is 1. The summed E-state index contributed by atoms with van der Waals surface area (Å²) >= 11 is 0. The number of aromatic amines is 1. The topological polar surface area (TPSA) is 363 Å². The van der Waals surface area contributed by atoms with Crippen molar-refractivity contribution in [2.45, 2.75) is 60.1 Å². The maximum atomic E-state index is 12.4. The van der Waals surface area contributed by atoms with Gasteiger partial charge >= 0.3 is 11.7 Å². The van der Waals surface area contributed by atoms with Crippen molar-refractivity contribution in [1.29, 1.82) is 0 Å². The van der Waals surface area contributed by atoms with Gasteiger partial charge in [-0.2, -0.15) is 0 Å². The number of carboxylic acid groups (broad SMARTS) is 1. The van der Waals surface area contributed by atoms with Crippen molar-refractivity contribution in [1.82, 2.24) is 9.55 Å². The summed E-state index contributed by atoms with van der Waals surface area (Å²) < 4.78 is 48.7. The molecule has 4 unspecified atom stereocenters. The Bertz CT molecular complexity index is 1760. The summed E-state index contributed by atoms with van der Waals surface area (Å²) in [5.41, 5.74) is -3.11. The van der Waals surface area contributed by atoms with Crippen molar-refractivity contribution < 1.29 is 82.1 Å². The second-order valence-electron chi connectivity index (χ2n) is 10.1. The maximum Gasteiger partial charge on any atom is 0.342 e. The number of rotatable bonds is 14. The second kappa shape index (κ2) is 15.8. The molecule has 4 rings (SSSR count). The second-order valence-corrected chi connectivity index (χ2v) is 15.4. The molecule has 27 heteroatoms. The van der Waals surface area contributed by atoms with E-state index in [2.05, 4.69) is 13.4 Å². The average Bonchev–Trinajstić information content (AvgIpc) is 3.29. The van der Waals surface area contributed by atoms with Gasteiger partial charge < -0.3 is 54.4 Å². The Morgan fingerprint density at radius 1 is 0.980 bits per heavy atom.